The Morgan fingerprint density at radius 1 is 1.16 bits per heavy atom. The molecule has 11 nitrogen and oxygen atoms in total. The van der Waals surface area contributed by atoms with Crippen molar-refractivity contribution in [2.45, 2.75) is 52.0 Å². The summed E-state index contributed by atoms with van der Waals surface area (Å²) in [6.07, 6.45) is -2.20. The van der Waals surface area contributed by atoms with Gasteiger partial charge in [-0.1, -0.05) is 23.2 Å². The molecule has 38 heavy (non-hydrogen) atoms. The van der Waals surface area contributed by atoms with Gasteiger partial charge in [0.1, 0.15) is 6.61 Å². The van der Waals surface area contributed by atoms with Gasteiger partial charge in [-0.2, -0.15) is 4.98 Å². The molecule has 0 bridgehead atoms. The third kappa shape index (κ3) is 7.17. The molecule has 13 heteroatoms. The van der Waals surface area contributed by atoms with Crippen molar-refractivity contribution in [2.75, 3.05) is 13.2 Å². The first kappa shape index (κ1) is 28.8. The number of benzene rings is 1. The summed E-state index contributed by atoms with van der Waals surface area (Å²) < 4.78 is 43.3. The lowest BCUT2D eigenvalue weighted by molar-refractivity contribution is -0.217. The van der Waals surface area contributed by atoms with E-state index in [1.165, 1.54) is 36.5 Å². The Labute approximate surface area is 222 Å². The van der Waals surface area contributed by atoms with Crippen LogP contribution in [0.5, 0.6) is 5.88 Å². The Bertz CT molecular complexity index is 1290. The highest BCUT2D eigenvalue weighted by Gasteiger charge is 2.62. The summed E-state index contributed by atoms with van der Waals surface area (Å²) >= 11 is 5.88. The van der Waals surface area contributed by atoms with E-state index < -0.39 is 54.5 Å². The molecule has 2 aromatic rings. The Hall–Kier alpha value is -3.77. The number of hydrogen-bond donors (Lipinski definition) is 0. The number of alkyl halides is 1. The molecule has 1 aliphatic heterocycles. The van der Waals surface area contributed by atoms with Crippen LogP contribution in [0.4, 0.5) is 4.39 Å². The summed E-state index contributed by atoms with van der Waals surface area (Å²) in [6.45, 7) is 4.88. The minimum atomic E-state index is -3.01. The van der Waals surface area contributed by atoms with Crippen molar-refractivity contribution in [3.8, 4) is 5.88 Å². The van der Waals surface area contributed by atoms with Gasteiger partial charge in [0, 0.05) is 31.1 Å². The smallest absolute Gasteiger partial charge is 0.353 e. The van der Waals surface area contributed by atoms with Crippen LogP contribution in [0, 0.1) is 0 Å². The standard InChI is InChI=1S/C25H26ClFN2O9/c1-14(2)9-11-34-19-8-10-29(24(33)28-19)22-20(36-15(3)30)21(37-16(4)31)25(27,38-22)13-35-23(32)17-6-5-7-18(26)12-17/h5-10,12,20-22H,11,13H2,1-4H3/t20-,21+,22-,25-/m1/s1. The average molecular weight is 553 g/mol. The van der Waals surface area contributed by atoms with E-state index in [9.17, 15) is 19.2 Å². The van der Waals surface area contributed by atoms with Gasteiger partial charge in [-0.05, 0) is 38.1 Å². The van der Waals surface area contributed by atoms with E-state index in [1.54, 1.807) is 6.08 Å². The lowest BCUT2D eigenvalue weighted by Crippen LogP contribution is -2.47. The molecule has 1 fully saturated rings. The van der Waals surface area contributed by atoms with Crippen LogP contribution in [0.2, 0.25) is 5.02 Å². The normalized spacial score (nSPS) is 22.3. The number of aromatic nitrogens is 2. The molecule has 0 saturated carbocycles. The van der Waals surface area contributed by atoms with E-state index in [0.29, 0.717) is 0 Å². The second-order valence-electron chi connectivity index (χ2n) is 8.53. The minimum absolute atomic E-state index is 0.00992. The van der Waals surface area contributed by atoms with Crippen LogP contribution in [0.15, 0.2) is 53.0 Å². The van der Waals surface area contributed by atoms with Crippen molar-refractivity contribution in [3.05, 3.63) is 69.2 Å². The SMILES string of the molecule is CC(=O)O[C@H]1[C@H](n2ccc(OCC=C(C)C)nc2=O)O[C@](F)(COC(=O)c2cccc(Cl)c2)[C@H]1OC(C)=O. The second kappa shape index (κ2) is 12.2. The fourth-order valence-electron chi connectivity index (χ4n) is 3.53. The van der Waals surface area contributed by atoms with Crippen LogP contribution >= 0.6 is 11.6 Å². The van der Waals surface area contributed by atoms with E-state index in [4.69, 9.17) is 35.3 Å². The van der Waals surface area contributed by atoms with Crippen molar-refractivity contribution >= 4 is 29.5 Å². The third-order valence-corrected chi connectivity index (χ3v) is 5.41. The topological polar surface area (TPSA) is 132 Å². The van der Waals surface area contributed by atoms with Crippen molar-refractivity contribution < 1.29 is 42.5 Å². The van der Waals surface area contributed by atoms with Gasteiger partial charge in [0.25, 0.3) is 5.85 Å². The largest absolute Gasteiger partial charge is 0.473 e. The zero-order valence-corrected chi connectivity index (χ0v) is 21.8. The highest BCUT2D eigenvalue weighted by molar-refractivity contribution is 6.30. The van der Waals surface area contributed by atoms with Crippen LogP contribution in [0.1, 0.15) is 44.3 Å². The van der Waals surface area contributed by atoms with Gasteiger partial charge in [-0.15, -0.1) is 0 Å². The van der Waals surface area contributed by atoms with Gasteiger partial charge in [-0.3, -0.25) is 14.2 Å². The fourth-order valence-corrected chi connectivity index (χ4v) is 3.72. The number of carbonyl (C=O) groups is 3. The van der Waals surface area contributed by atoms with Gasteiger partial charge in [0.05, 0.1) is 5.56 Å². The molecule has 3 rings (SSSR count). The zero-order chi connectivity index (χ0) is 28.0. The summed E-state index contributed by atoms with van der Waals surface area (Å²) in [5, 5.41) is 0.249. The van der Waals surface area contributed by atoms with E-state index in [2.05, 4.69) is 4.98 Å². The molecule has 0 aliphatic carbocycles. The predicted molar refractivity (Wildman–Crippen MR) is 130 cm³/mol. The van der Waals surface area contributed by atoms with Gasteiger partial charge < -0.3 is 23.7 Å². The fraction of sp³-hybridized carbons (Fsp3) is 0.400. The number of nitrogens with zero attached hydrogens (tertiary/aromatic N) is 2. The van der Waals surface area contributed by atoms with Crippen LogP contribution < -0.4 is 10.4 Å². The number of esters is 3. The minimum Gasteiger partial charge on any atom is -0.473 e. The number of ether oxygens (including phenoxy) is 5. The maximum atomic E-state index is 16.2. The molecule has 0 amide bonds. The first-order valence-electron chi connectivity index (χ1n) is 11.4. The van der Waals surface area contributed by atoms with Crippen LogP contribution in [-0.2, 0) is 28.5 Å². The molecule has 204 valence electrons. The quantitative estimate of drug-likeness (QED) is 0.259. The summed E-state index contributed by atoms with van der Waals surface area (Å²) in [5.41, 5.74) is 0.0951. The molecule has 1 aromatic heterocycles. The molecule has 0 spiro atoms. The Kier molecular flexibility index (Phi) is 9.23. The summed E-state index contributed by atoms with van der Waals surface area (Å²) in [6, 6.07) is 7.06. The molecule has 0 unspecified atom stereocenters. The number of rotatable bonds is 9. The molecule has 1 aliphatic rings. The number of hydrogen-bond acceptors (Lipinski definition) is 10. The molecule has 4 atom stereocenters. The molecule has 0 N–H and O–H groups in total. The molecular formula is C25H26ClFN2O9. The average Bonchev–Trinajstić information content (AvgIpc) is 3.08. The second-order valence-corrected chi connectivity index (χ2v) is 8.97. The molecule has 1 aromatic carbocycles. The van der Waals surface area contributed by atoms with Crippen molar-refractivity contribution in [1.29, 1.82) is 0 Å². The van der Waals surface area contributed by atoms with Crippen LogP contribution in [-0.4, -0.2) is 58.7 Å². The lowest BCUT2D eigenvalue weighted by atomic mass is 10.1. The van der Waals surface area contributed by atoms with Gasteiger partial charge in [0.2, 0.25) is 12.0 Å². The Balaban J connectivity index is 1.91. The molecule has 1 saturated heterocycles. The molecule has 0 radical (unpaired) electrons. The zero-order valence-electron chi connectivity index (χ0n) is 21.0. The summed E-state index contributed by atoms with van der Waals surface area (Å²) in [4.78, 5) is 52.7. The maximum absolute atomic E-state index is 16.2. The van der Waals surface area contributed by atoms with E-state index in [-0.39, 0.29) is 23.1 Å². The highest BCUT2D eigenvalue weighted by Crippen LogP contribution is 2.42. The van der Waals surface area contributed by atoms with Crippen molar-refractivity contribution in [2.24, 2.45) is 0 Å². The van der Waals surface area contributed by atoms with Gasteiger partial charge >= 0.3 is 23.6 Å². The Morgan fingerprint density at radius 3 is 2.47 bits per heavy atom. The van der Waals surface area contributed by atoms with Crippen LogP contribution in [0.3, 0.4) is 0 Å². The van der Waals surface area contributed by atoms with Crippen LogP contribution in [0.25, 0.3) is 0 Å². The summed E-state index contributed by atoms with van der Waals surface area (Å²) in [7, 11) is 0. The van der Waals surface area contributed by atoms with Crippen molar-refractivity contribution in [3.63, 3.8) is 0 Å². The molecule has 2 heterocycles. The number of halogens is 2. The Morgan fingerprint density at radius 2 is 1.87 bits per heavy atom. The molecular weight excluding hydrogens is 527 g/mol. The summed E-state index contributed by atoms with van der Waals surface area (Å²) in [5.74, 6) is -5.78. The number of carbonyl (C=O) groups excluding carboxylic acids is 3. The first-order chi connectivity index (χ1) is 17.9. The van der Waals surface area contributed by atoms with Gasteiger partial charge in [0.15, 0.2) is 18.9 Å². The number of allylic oxidation sites excluding steroid dienone is 1. The van der Waals surface area contributed by atoms with E-state index >= 15 is 4.39 Å². The maximum Gasteiger partial charge on any atom is 0.353 e. The highest BCUT2D eigenvalue weighted by atomic mass is 35.5. The monoisotopic (exact) mass is 552 g/mol. The third-order valence-electron chi connectivity index (χ3n) is 5.18. The van der Waals surface area contributed by atoms with E-state index in [1.807, 2.05) is 13.8 Å². The lowest BCUT2D eigenvalue weighted by Gasteiger charge is -2.26. The predicted octanol–water partition coefficient (Wildman–Crippen LogP) is 3.16. The van der Waals surface area contributed by atoms with Crippen molar-refractivity contribution in [1.82, 2.24) is 9.55 Å². The first-order valence-corrected chi connectivity index (χ1v) is 11.8. The van der Waals surface area contributed by atoms with Gasteiger partial charge in [-0.25, -0.2) is 14.0 Å². The van der Waals surface area contributed by atoms with E-state index in [0.717, 1.165) is 24.0 Å².